The summed E-state index contributed by atoms with van der Waals surface area (Å²) in [5.41, 5.74) is 0.439. The number of alkyl halides is 3. The second kappa shape index (κ2) is 9.43. The number of hydrogen-bond acceptors (Lipinski definition) is 8. The molecule has 0 radical (unpaired) electrons. The predicted octanol–water partition coefficient (Wildman–Crippen LogP) is 3.13. The summed E-state index contributed by atoms with van der Waals surface area (Å²) >= 11 is 0. The van der Waals surface area contributed by atoms with Gasteiger partial charge in [0.15, 0.2) is 0 Å². The van der Waals surface area contributed by atoms with Crippen molar-refractivity contribution in [1.82, 2.24) is 19.4 Å². The highest BCUT2D eigenvalue weighted by molar-refractivity contribution is 5.49. The Morgan fingerprint density at radius 2 is 1.81 bits per heavy atom. The molecule has 0 spiro atoms. The summed E-state index contributed by atoms with van der Waals surface area (Å²) < 4.78 is 48.8. The van der Waals surface area contributed by atoms with E-state index in [1.165, 1.54) is 18.3 Å². The van der Waals surface area contributed by atoms with Crippen LogP contribution in [0.3, 0.4) is 0 Å². The van der Waals surface area contributed by atoms with Gasteiger partial charge in [0.2, 0.25) is 0 Å². The summed E-state index contributed by atoms with van der Waals surface area (Å²) in [6, 6.07) is 6.86. The highest BCUT2D eigenvalue weighted by Gasteiger charge is 2.42. The summed E-state index contributed by atoms with van der Waals surface area (Å²) in [5, 5.41) is 10.9. The van der Waals surface area contributed by atoms with E-state index in [-0.39, 0.29) is 11.6 Å². The summed E-state index contributed by atoms with van der Waals surface area (Å²) in [6.45, 7) is 8.74. The third-order valence-electron chi connectivity index (χ3n) is 7.14. The van der Waals surface area contributed by atoms with Crippen molar-refractivity contribution in [2.45, 2.75) is 44.3 Å². The standard InChI is InChI=1S/C23H29F3N6O4/c1-22(16-31-14-20(32(33)34)27-21(31)36-22)15-28-10-12-30(13-11-28)18-6-8-29(9-7-18)17-2-4-19(5-3-17)35-23(24,25)26/h2-5,14,18H,6-13,15-16H2,1H3/t22-/m0/s1. The molecule has 2 saturated heterocycles. The van der Waals surface area contributed by atoms with Crippen LogP contribution < -0.4 is 14.4 Å². The van der Waals surface area contributed by atoms with E-state index in [1.807, 2.05) is 6.92 Å². The second-order valence-corrected chi connectivity index (χ2v) is 9.89. The quantitative estimate of drug-likeness (QED) is 0.433. The van der Waals surface area contributed by atoms with Crippen molar-refractivity contribution in [3.05, 3.63) is 40.6 Å². The van der Waals surface area contributed by atoms with Crippen LogP contribution in [0.25, 0.3) is 0 Å². The van der Waals surface area contributed by atoms with E-state index < -0.39 is 16.9 Å². The highest BCUT2D eigenvalue weighted by Crippen LogP contribution is 2.32. The minimum atomic E-state index is -4.68. The van der Waals surface area contributed by atoms with E-state index in [0.717, 1.165) is 64.3 Å². The zero-order valence-electron chi connectivity index (χ0n) is 20.0. The molecule has 0 bridgehead atoms. The Morgan fingerprint density at radius 3 is 2.39 bits per heavy atom. The molecule has 3 aliphatic heterocycles. The van der Waals surface area contributed by atoms with Gasteiger partial charge in [0, 0.05) is 62.5 Å². The van der Waals surface area contributed by atoms with E-state index in [0.29, 0.717) is 18.6 Å². The molecule has 10 nitrogen and oxygen atoms in total. The van der Waals surface area contributed by atoms with Gasteiger partial charge < -0.3 is 24.5 Å². The van der Waals surface area contributed by atoms with Gasteiger partial charge in [-0.15, -0.1) is 13.2 Å². The number of aromatic nitrogens is 2. The molecule has 0 N–H and O–H groups in total. The number of imidazole rings is 1. The van der Waals surface area contributed by atoms with Crippen LogP contribution in [0.4, 0.5) is 24.7 Å². The SMILES string of the molecule is C[C@]1(CN2CCN(C3CCN(c4ccc(OC(F)(F)F)cc4)CC3)CC2)Cn2cc([N+](=O)[O-])nc2O1. The van der Waals surface area contributed by atoms with Gasteiger partial charge in [0.1, 0.15) is 17.5 Å². The maximum absolute atomic E-state index is 12.4. The summed E-state index contributed by atoms with van der Waals surface area (Å²) in [6.07, 6.45) is -1.25. The van der Waals surface area contributed by atoms with Crippen LogP contribution in [0.15, 0.2) is 30.5 Å². The molecule has 3 aliphatic rings. The van der Waals surface area contributed by atoms with Crippen molar-refractivity contribution in [2.24, 2.45) is 0 Å². The molecule has 196 valence electrons. The molecule has 4 heterocycles. The Bertz CT molecular complexity index is 1050. The molecule has 1 aromatic carbocycles. The molecule has 2 fully saturated rings. The topological polar surface area (TPSA) is 89.1 Å². The molecule has 0 amide bonds. The maximum atomic E-state index is 12.4. The molecular weight excluding hydrogens is 481 g/mol. The van der Waals surface area contributed by atoms with Gasteiger partial charge in [-0.1, -0.05) is 0 Å². The number of benzene rings is 1. The highest BCUT2D eigenvalue weighted by atomic mass is 19.4. The van der Waals surface area contributed by atoms with Crippen LogP contribution in [-0.4, -0.2) is 88.1 Å². The molecule has 1 aromatic heterocycles. The molecule has 13 heteroatoms. The molecule has 0 unspecified atom stereocenters. The van der Waals surface area contributed by atoms with Crippen LogP contribution in [0.2, 0.25) is 0 Å². The van der Waals surface area contributed by atoms with E-state index in [4.69, 9.17) is 4.74 Å². The number of fused-ring (bicyclic) bond motifs is 1. The van der Waals surface area contributed by atoms with E-state index in [9.17, 15) is 23.3 Å². The van der Waals surface area contributed by atoms with Gasteiger partial charge in [0.05, 0.1) is 6.54 Å². The minimum absolute atomic E-state index is 0.195. The molecule has 36 heavy (non-hydrogen) atoms. The Hall–Kier alpha value is -3.06. The van der Waals surface area contributed by atoms with Crippen molar-refractivity contribution >= 4 is 11.5 Å². The predicted molar refractivity (Wildman–Crippen MR) is 124 cm³/mol. The third-order valence-corrected chi connectivity index (χ3v) is 7.14. The number of anilines is 1. The maximum Gasteiger partial charge on any atom is 0.573 e. The zero-order chi connectivity index (χ0) is 25.5. The molecule has 1 atom stereocenters. The number of piperazine rings is 1. The van der Waals surface area contributed by atoms with Crippen LogP contribution in [0, 0.1) is 10.1 Å². The number of nitrogens with zero attached hydrogens (tertiary/aromatic N) is 6. The minimum Gasteiger partial charge on any atom is -0.436 e. The molecular formula is C23H29F3N6O4. The van der Waals surface area contributed by atoms with Gasteiger partial charge in [-0.25, -0.2) is 0 Å². The van der Waals surface area contributed by atoms with E-state index in [2.05, 4.69) is 24.4 Å². The Kier molecular flexibility index (Phi) is 6.45. The first-order valence-corrected chi connectivity index (χ1v) is 12.0. The fourth-order valence-electron chi connectivity index (χ4n) is 5.47. The van der Waals surface area contributed by atoms with Crippen molar-refractivity contribution in [3.8, 4) is 11.8 Å². The first kappa shape index (κ1) is 24.6. The fourth-order valence-corrected chi connectivity index (χ4v) is 5.47. The van der Waals surface area contributed by atoms with Crippen LogP contribution in [0.5, 0.6) is 11.8 Å². The van der Waals surface area contributed by atoms with Crippen molar-refractivity contribution in [1.29, 1.82) is 0 Å². The number of halogens is 3. The van der Waals surface area contributed by atoms with Crippen molar-refractivity contribution in [2.75, 3.05) is 50.7 Å². The van der Waals surface area contributed by atoms with Crippen molar-refractivity contribution < 1.29 is 27.6 Å². The average molecular weight is 511 g/mol. The Balaban J connectivity index is 1.06. The van der Waals surface area contributed by atoms with Gasteiger partial charge in [-0.2, -0.15) is 0 Å². The lowest BCUT2D eigenvalue weighted by molar-refractivity contribution is -0.389. The van der Waals surface area contributed by atoms with Gasteiger partial charge in [-0.3, -0.25) is 14.4 Å². The number of piperidine rings is 1. The van der Waals surface area contributed by atoms with Crippen molar-refractivity contribution in [3.63, 3.8) is 0 Å². The summed E-state index contributed by atoms with van der Waals surface area (Å²) in [7, 11) is 0. The summed E-state index contributed by atoms with van der Waals surface area (Å²) in [4.78, 5) is 21.5. The lowest BCUT2D eigenvalue weighted by Gasteiger charge is -2.44. The molecule has 0 saturated carbocycles. The van der Waals surface area contributed by atoms with Gasteiger partial charge >= 0.3 is 18.2 Å². The van der Waals surface area contributed by atoms with Gasteiger partial charge in [-0.05, 0) is 49.0 Å². The average Bonchev–Trinajstić information content (AvgIpc) is 3.34. The smallest absolute Gasteiger partial charge is 0.436 e. The molecule has 2 aromatic rings. The fraction of sp³-hybridized carbons (Fsp3) is 0.609. The van der Waals surface area contributed by atoms with Crippen LogP contribution >= 0.6 is 0 Å². The van der Waals surface area contributed by atoms with Crippen LogP contribution in [0.1, 0.15) is 19.8 Å². The molecule has 5 rings (SSSR count). The largest absolute Gasteiger partial charge is 0.573 e. The van der Waals surface area contributed by atoms with Crippen LogP contribution in [-0.2, 0) is 6.54 Å². The zero-order valence-corrected chi connectivity index (χ0v) is 20.0. The number of hydrogen-bond donors (Lipinski definition) is 0. The lowest BCUT2D eigenvalue weighted by Crippen LogP contribution is -2.56. The Morgan fingerprint density at radius 1 is 1.14 bits per heavy atom. The Labute approximate surface area is 206 Å². The number of ether oxygens (including phenoxy) is 2. The first-order chi connectivity index (χ1) is 17.1. The number of nitro groups is 1. The summed E-state index contributed by atoms with van der Waals surface area (Å²) in [5.74, 6) is -0.402. The monoisotopic (exact) mass is 510 g/mol. The normalized spacial score (nSPS) is 23.9. The third kappa shape index (κ3) is 5.51. The van der Waals surface area contributed by atoms with Gasteiger partial charge in [0.25, 0.3) is 0 Å². The lowest BCUT2D eigenvalue weighted by atomic mass is 10.0. The second-order valence-electron chi connectivity index (χ2n) is 9.89. The first-order valence-electron chi connectivity index (χ1n) is 12.0. The van der Waals surface area contributed by atoms with E-state index in [1.54, 1.807) is 16.7 Å². The van der Waals surface area contributed by atoms with E-state index >= 15 is 0 Å². The molecule has 0 aliphatic carbocycles. The number of rotatable bonds is 6.